The largest absolute Gasteiger partial charge is 0.488 e. The van der Waals surface area contributed by atoms with Crippen molar-refractivity contribution in [2.24, 2.45) is 5.10 Å². The van der Waals surface area contributed by atoms with E-state index >= 15 is 0 Å². The van der Waals surface area contributed by atoms with E-state index in [0.717, 1.165) is 10.2 Å². The molecule has 0 fully saturated rings. The van der Waals surface area contributed by atoms with Gasteiger partial charge in [0, 0.05) is 41.3 Å². The van der Waals surface area contributed by atoms with Gasteiger partial charge in [-0.05, 0) is 48.0 Å². The molecular formula is C28H28BrFN4O2. The molecule has 0 saturated heterocycles. The summed E-state index contributed by atoms with van der Waals surface area (Å²) in [5, 5.41) is 5.05. The molecule has 0 atom stereocenters. The van der Waals surface area contributed by atoms with Gasteiger partial charge in [0.15, 0.2) is 0 Å². The van der Waals surface area contributed by atoms with E-state index in [4.69, 9.17) is 9.72 Å². The van der Waals surface area contributed by atoms with E-state index in [1.807, 2.05) is 70.1 Å². The zero-order chi connectivity index (χ0) is 26.0. The lowest BCUT2D eigenvalue weighted by Crippen LogP contribution is -2.29. The fourth-order valence-corrected chi connectivity index (χ4v) is 4.04. The summed E-state index contributed by atoms with van der Waals surface area (Å²) < 4.78 is 21.9. The maximum atomic E-state index is 13.6. The molecule has 0 aliphatic heterocycles. The first kappa shape index (κ1) is 25.6. The lowest BCUT2D eigenvalue weighted by molar-refractivity contribution is 0.305. The Morgan fingerprint density at radius 1 is 1.11 bits per heavy atom. The lowest BCUT2D eigenvalue weighted by Gasteiger charge is -2.21. The van der Waals surface area contributed by atoms with Gasteiger partial charge in [-0.25, -0.2) is 9.37 Å². The summed E-state index contributed by atoms with van der Waals surface area (Å²) in [6, 6.07) is 17.5. The van der Waals surface area contributed by atoms with Gasteiger partial charge in [0.25, 0.3) is 5.56 Å². The van der Waals surface area contributed by atoms with Gasteiger partial charge in [-0.1, -0.05) is 48.8 Å². The quantitative estimate of drug-likeness (QED) is 0.271. The van der Waals surface area contributed by atoms with Crippen molar-refractivity contribution in [1.29, 1.82) is 0 Å². The molecule has 0 bridgehead atoms. The van der Waals surface area contributed by atoms with E-state index in [0.29, 0.717) is 33.6 Å². The second kappa shape index (κ2) is 10.2. The SMILES string of the molecule is CN(C)c1ccc(C=Nn2c(C(C)(C)C)nc3ccc(Br)cc3c2=O)c(OCc2cccc(F)c2)c1. The number of hydrogen-bond acceptors (Lipinski definition) is 5. The Labute approximate surface area is 218 Å². The summed E-state index contributed by atoms with van der Waals surface area (Å²) in [5.41, 5.74) is 2.26. The van der Waals surface area contributed by atoms with Crippen molar-refractivity contribution in [2.45, 2.75) is 32.8 Å². The van der Waals surface area contributed by atoms with Crippen LogP contribution in [0, 0.1) is 5.82 Å². The van der Waals surface area contributed by atoms with Crippen LogP contribution in [0.5, 0.6) is 5.75 Å². The Balaban J connectivity index is 1.78. The average Bonchev–Trinajstić information content (AvgIpc) is 2.82. The molecule has 8 heteroatoms. The highest BCUT2D eigenvalue weighted by Gasteiger charge is 2.23. The Bertz CT molecular complexity index is 1510. The van der Waals surface area contributed by atoms with Crippen LogP contribution >= 0.6 is 15.9 Å². The second-order valence-corrected chi connectivity index (χ2v) is 10.7. The first-order chi connectivity index (χ1) is 17.0. The van der Waals surface area contributed by atoms with E-state index in [1.54, 1.807) is 24.4 Å². The van der Waals surface area contributed by atoms with Gasteiger partial charge < -0.3 is 9.64 Å². The minimum Gasteiger partial charge on any atom is -0.488 e. The molecule has 0 spiro atoms. The maximum Gasteiger partial charge on any atom is 0.282 e. The minimum absolute atomic E-state index is 0.189. The molecule has 0 amide bonds. The Hall–Kier alpha value is -3.52. The van der Waals surface area contributed by atoms with E-state index < -0.39 is 5.41 Å². The summed E-state index contributed by atoms with van der Waals surface area (Å²) in [6.07, 6.45) is 1.60. The van der Waals surface area contributed by atoms with Crippen molar-refractivity contribution >= 4 is 38.7 Å². The molecule has 0 aliphatic carbocycles. The van der Waals surface area contributed by atoms with Crippen molar-refractivity contribution < 1.29 is 9.13 Å². The first-order valence-corrected chi connectivity index (χ1v) is 12.3. The van der Waals surface area contributed by atoms with Crippen molar-refractivity contribution in [3.8, 4) is 5.75 Å². The third kappa shape index (κ3) is 5.65. The molecule has 6 nitrogen and oxygen atoms in total. The molecule has 0 saturated carbocycles. The van der Waals surface area contributed by atoms with Crippen LogP contribution in [-0.4, -0.2) is 30.0 Å². The second-order valence-electron chi connectivity index (χ2n) is 9.74. The number of ether oxygens (including phenoxy) is 1. The maximum absolute atomic E-state index is 13.6. The van der Waals surface area contributed by atoms with Gasteiger partial charge in [0.05, 0.1) is 17.1 Å². The van der Waals surface area contributed by atoms with Gasteiger partial charge in [-0.2, -0.15) is 9.78 Å². The molecule has 1 aromatic heterocycles. The molecule has 0 N–H and O–H groups in total. The Morgan fingerprint density at radius 3 is 2.58 bits per heavy atom. The topological polar surface area (TPSA) is 59.7 Å². The monoisotopic (exact) mass is 550 g/mol. The molecule has 36 heavy (non-hydrogen) atoms. The predicted molar refractivity (Wildman–Crippen MR) is 147 cm³/mol. The van der Waals surface area contributed by atoms with E-state index in [1.165, 1.54) is 16.8 Å². The van der Waals surface area contributed by atoms with Gasteiger partial charge >= 0.3 is 0 Å². The molecule has 4 aromatic rings. The number of hydrogen-bond donors (Lipinski definition) is 0. The van der Waals surface area contributed by atoms with Crippen LogP contribution in [0.4, 0.5) is 10.1 Å². The van der Waals surface area contributed by atoms with Crippen molar-refractivity contribution in [1.82, 2.24) is 9.66 Å². The van der Waals surface area contributed by atoms with Gasteiger partial charge in [-0.15, -0.1) is 0 Å². The number of rotatable bonds is 6. The number of fused-ring (bicyclic) bond motifs is 1. The third-order valence-corrected chi connectivity index (χ3v) is 6.08. The summed E-state index contributed by atoms with van der Waals surface area (Å²) >= 11 is 3.44. The molecular weight excluding hydrogens is 523 g/mol. The Kier molecular flexibility index (Phi) is 7.26. The van der Waals surface area contributed by atoms with Crippen LogP contribution in [0.3, 0.4) is 0 Å². The fourth-order valence-electron chi connectivity index (χ4n) is 3.68. The summed E-state index contributed by atoms with van der Waals surface area (Å²) in [7, 11) is 3.88. The van der Waals surface area contributed by atoms with E-state index in [9.17, 15) is 9.18 Å². The fraction of sp³-hybridized carbons (Fsp3) is 0.250. The minimum atomic E-state index is -0.427. The van der Waals surface area contributed by atoms with Crippen molar-refractivity contribution in [3.63, 3.8) is 0 Å². The Morgan fingerprint density at radius 2 is 1.89 bits per heavy atom. The molecule has 0 aliphatic rings. The standard InChI is InChI=1S/C28H28BrFN4O2/c1-28(2,3)27-32-24-12-10-20(29)14-23(24)26(35)34(27)31-16-19-9-11-22(33(4)5)15-25(19)36-17-18-7-6-8-21(30)13-18/h6-16H,17H2,1-5H3. The highest BCUT2D eigenvalue weighted by atomic mass is 79.9. The normalized spacial score (nSPS) is 11.9. The summed E-state index contributed by atoms with van der Waals surface area (Å²) in [4.78, 5) is 20.2. The zero-order valence-corrected chi connectivity index (χ0v) is 22.5. The molecule has 186 valence electrons. The van der Waals surface area contributed by atoms with Crippen LogP contribution in [0.15, 0.2) is 75.0 Å². The number of halogens is 2. The number of aromatic nitrogens is 2. The number of anilines is 1. The average molecular weight is 551 g/mol. The molecule has 1 heterocycles. The smallest absolute Gasteiger partial charge is 0.282 e. The number of nitrogens with zero attached hydrogens (tertiary/aromatic N) is 4. The first-order valence-electron chi connectivity index (χ1n) is 11.5. The third-order valence-electron chi connectivity index (χ3n) is 5.59. The van der Waals surface area contributed by atoms with E-state index in [2.05, 4.69) is 21.0 Å². The van der Waals surface area contributed by atoms with Crippen LogP contribution < -0.4 is 15.2 Å². The number of benzene rings is 3. The van der Waals surface area contributed by atoms with Crippen molar-refractivity contribution in [3.05, 3.63) is 98.3 Å². The van der Waals surface area contributed by atoms with Crippen LogP contribution in [0.2, 0.25) is 0 Å². The summed E-state index contributed by atoms with van der Waals surface area (Å²) in [6.45, 7) is 6.16. The van der Waals surface area contributed by atoms with Gasteiger partial charge in [0.1, 0.15) is 24.0 Å². The molecule has 3 aromatic carbocycles. The zero-order valence-electron chi connectivity index (χ0n) is 20.9. The van der Waals surface area contributed by atoms with Crippen LogP contribution in [-0.2, 0) is 12.0 Å². The lowest BCUT2D eigenvalue weighted by atomic mass is 9.95. The highest BCUT2D eigenvalue weighted by Crippen LogP contribution is 2.26. The summed E-state index contributed by atoms with van der Waals surface area (Å²) in [5.74, 6) is 0.797. The molecule has 0 unspecified atom stereocenters. The van der Waals surface area contributed by atoms with Gasteiger partial charge in [0.2, 0.25) is 0 Å². The molecule has 0 radical (unpaired) electrons. The van der Waals surface area contributed by atoms with Crippen LogP contribution in [0.25, 0.3) is 10.9 Å². The van der Waals surface area contributed by atoms with E-state index in [-0.39, 0.29) is 18.0 Å². The van der Waals surface area contributed by atoms with Gasteiger partial charge in [-0.3, -0.25) is 4.79 Å². The van der Waals surface area contributed by atoms with Crippen molar-refractivity contribution in [2.75, 3.05) is 19.0 Å². The predicted octanol–water partition coefficient (Wildman–Crippen LogP) is 6.12. The highest BCUT2D eigenvalue weighted by molar-refractivity contribution is 9.10. The molecule has 4 rings (SSSR count). The van der Waals surface area contributed by atoms with Crippen LogP contribution in [0.1, 0.15) is 37.7 Å².